The predicted molar refractivity (Wildman–Crippen MR) is 98.9 cm³/mol. The molecule has 0 aromatic carbocycles. The number of aliphatic carboxylic acids is 1. The molecule has 4 heteroatoms. The number of rotatable bonds is 16. The Kier molecular flexibility index (Phi) is 18.1. The standard InChI is InChI=1S/C20H32O4/c21-20(22)18-16-14-12-10-8-6-4-2-1-3-5-7-9-11-13-15-17-19-24-23/h1,3-7,10,12,23H,2,8-9,11,13-19H2,(H,21,22). The first-order chi connectivity index (χ1) is 11.8. The predicted octanol–water partition coefficient (Wildman–Crippen LogP) is 5.69. The molecule has 0 amide bonds. The Bertz CT molecular complexity index is 394. The first-order valence-corrected chi connectivity index (χ1v) is 8.87. The summed E-state index contributed by atoms with van der Waals surface area (Å²) in [5.41, 5.74) is 0. The van der Waals surface area contributed by atoms with Crippen molar-refractivity contribution in [1.82, 2.24) is 0 Å². The zero-order valence-electron chi connectivity index (χ0n) is 14.6. The van der Waals surface area contributed by atoms with Gasteiger partial charge < -0.3 is 5.11 Å². The van der Waals surface area contributed by atoms with Crippen LogP contribution >= 0.6 is 0 Å². The van der Waals surface area contributed by atoms with Crippen LogP contribution in [-0.4, -0.2) is 22.9 Å². The number of carbonyl (C=O) groups is 1. The van der Waals surface area contributed by atoms with E-state index in [1.807, 2.05) is 6.08 Å². The third-order valence-electron chi connectivity index (χ3n) is 3.38. The van der Waals surface area contributed by atoms with E-state index < -0.39 is 5.97 Å². The van der Waals surface area contributed by atoms with E-state index in [0.717, 1.165) is 38.5 Å². The molecule has 0 unspecified atom stereocenters. The Balaban J connectivity index is 3.39. The van der Waals surface area contributed by atoms with E-state index >= 15 is 0 Å². The third kappa shape index (κ3) is 20.3. The van der Waals surface area contributed by atoms with Crippen molar-refractivity contribution in [3.63, 3.8) is 0 Å². The molecule has 2 N–H and O–H groups in total. The molecule has 0 saturated carbocycles. The zero-order valence-corrected chi connectivity index (χ0v) is 14.6. The van der Waals surface area contributed by atoms with Gasteiger partial charge >= 0.3 is 5.97 Å². The quantitative estimate of drug-likeness (QED) is 0.125. The Morgan fingerprint density at radius 1 is 0.750 bits per heavy atom. The fraction of sp³-hybridized carbons (Fsp3) is 0.550. The maximum Gasteiger partial charge on any atom is 0.303 e. The highest BCUT2D eigenvalue weighted by Gasteiger charge is 1.92. The largest absolute Gasteiger partial charge is 0.481 e. The van der Waals surface area contributed by atoms with Gasteiger partial charge in [0.25, 0.3) is 0 Å². The lowest BCUT2D eigenvalue weighted by molar-refractivity contribution is -0.242. The molecule has 0 saturated heterocycles. The molecule has 0 spiro atoms. The molecule has 0 aliphatic rings. The van der Waals surface area contributed by atoms with Crippen LogP contribution in [0.1, 0.15) is 64.2 Å². The van der Waals surface area contributed by atoms with Gasteiger partial charge in [-0.3, -0.25) is 10.1 Å². The molecule has 0 aliphatic heterocycles. The van der Waals surface area contributed by atoms with Gasteiger partial charge in [0.05, 0.1) is 6.61 Å². The van der Waals surface area contributed by atoms with Crippen molar-refractivity contribution in [2.45, 2.75) is 64.2 Å². The summed E-state index contributed by atoms with van der Waals surface area (Å²) in [6.45, 7) is 0.437. The molecule has 0 radical (unpaired) electrons. The lowest BCUT2D eigenvalue weighted by Crippen LogP contribution is -1.92. The number of carboxylic acid groups (broad SMARTS) is 1. The van der Waals surface area contributed by atoms with Crippen molar-refractivity contribution in [1.29, 1.82) is 0 Å². The highest BCUT2D eigenvalue weighted by molar-refractivity contribution is 5.66. The molecule has 0 aromatic heterocycles. The van der Waals surface area contributed by atoms with Crippen LogP contribution in [0.15, 0.2) is 48.6 Å². The second kappa shape index (κ2) is 19.4. The molecule has 0 rings (SSSR count). The second-order valence-electron chi connectivity index (χ2n) is 5.59. The van der Waals surface area contributed by atoms with Crippen molar-refractivity contribution < 1.29 is 20.0 Å². The molecular formula is C20H32O4. The van der Waals surface area contributed by atoms with Crippen LogP contribution in [0.3, 0.4) is 0 Å². The van der Waals surface area contributed by atoms with Gasteiger partial charge in [-0.15, -0.1) is 0 Å². The summed E-state index contributed by atoms with van der Waals surface area (Å²) in [5, 5.41) is 16.7. The van der Waals surface area contributed by atoms with Crippen LogP contribution in [0.25, 0.3) is 0 Å². The molecule has 4 nitrogen and oxygen atoms in total. The Morgan fingerprint density at radius 2 is 1.38 bits per heavy atom. The first kappa shape index (κ1) is 22.4. The van der Waals surface area contributed by atoms with Gasteiger partial charge in [-0.25, -0.2) is 4.89 Å². The molecule has 0 aromatic rings. The van der Waals surface area contributed by atoms with Crippen LogP contribution in [0.5, 0.6) is 0 Å². The lowest BCUT2D eigenvalue weighted by atomic mass is 10.1. The summed E-state index contributed by atoms with van der Waals surface area (Å²) in [6, 6.07) is 0. The van der Waals surface area contributed by atoms with Gasteiger partial charge in [-0.2, -0.15) is 0 Å². The summed E-state index contributed by atoms with van der Waals surface area (Å²) in [7, 11) is 0. The smallest absolute Gasteiger partial charge is 0.303 e. The van der Waals surface area contributed by atoms with E-state index in [-0.39, 0.29) is 6.42 Å². The van der Waals surface area contributed by atoms with Crippen molar-refractivity contribution in [3.8, 4) is 0 Å². The summed E-state index contributed by atoms with van der Waals surface area (Å²) < 4.78 is 0. The molecule has 0 atom stereocenters. The maximum absolute atomic E-state index is 10.3. The highest BCUT2D eigenvalue weighted by atomic mass is 17.1. The fourth-order valence-corrected chi connectivity index (χ4v) is 2.05. The third-order valence-corrected chi connectivity index (χ3v) is 3.38. The van der Waals surface area contributed by atoms with Gasteiger partial charge in [-0.05, 0) is 44.9 Å². The molecular weight excluding hydrogens is 304 g/mol. The minimum atomic E-state index is -0.725. The Labute approximate surface area is 146 Å². The molecule has 0 aliphatic carbocycles. The summed E-state index contributed by atoms with van der Waals surface area (Å²) in [6.07, 6.45) is 25.9. The van der Waals surface area contributed by atoms with Gasteiger partial charge in [0.1, 0.15) is 0 Å². The van der Waals surface area contributed by atoms with Crippen LogP contribution < -0.4 is 0 Å². The summed E-state index contributed by atoms with van der Waals surface area (Å²) >= 11 is 0. The Morgan fingerprint density at radius 3 is 2.12 bits per heavy atom. The number of hydrogen-bond donors (Lipinski definition) is 2. The van der Waals surface area contributed by atoms with Crippen molar-refractivity contribution in [2.75, 3.05) is 6.61 Å². The van der Waals surface area contributed by atoms with E-state index in [9.17, 15) is 4.79 Å². The number of unbranched alkanes of at least 4 members (excludes halogenated alkanes) is 5. The van der Waals surface area contributed by atoms with Gasteiger partial charge in [0.2, 0.25) is 0 Å². The van der Waals surface area contributed by atoms with Gasteiger partial charge in [0.15, 0.2) is 0 Å². The maximum atomic E-state index is 10.3. The number of carboxylic acids is 1. The van der Waals surface area contributed by atoms with Crippen molar-refractivity contribution >= 4 is 5.97 Å². The minimum Gasteiger partial charge on any atom is -0.481 e. The zero-order chi connectivity index (χ0) is 17.7. The van der Waals surface area contributed by atoms with E-state index in [4.69, 9.17) is 10.4 Å². The lowest BCUT2D eigenvalue weighted by Gasteiger charge is -1.96. The van der Waals surface area contributed by atoms with Gasteiger partial charge in [-0.1, -0.05) is 61.4 Å². The average molecular weight is 336 g/mol. The molecule has 0 bridgehead atoms. The highest BCUT2D eigenvalue weighted by Crippen LogP contribution is 2.04. The van der Waals surface area contributed by atoms with E-state index in [2.05, 4.69) is 47.4 Å². The second-order valence-corrected chi connectivity index (χ2v) is 5.59. The van der Waals surface area contributed by atoms with E-state index in [1.165, 1.54) is 12.8 Å². The number of allylic oxidation sites excluding steroid dienone is 8. The topological polar surface area (TPSA) is 66.8 Å². The number of hydrogen-bond acceptors (Lipinski definition) is 3. The van der Waals surface area contributed by atoms with Crippen molar-refractivity contribution in [2.24, 2.45) is 0 Å². The van der Waals surface area contributed by atoms with Crippen LogP contribution in [0.2, 0.25) is 0 Å². The molecule has 0 heterocycles. The molecule has 24 heavy (non-hydrogen) atoms. The minimum absolute atomic E-state index is 0.247. The fourth-order valence-electron chi connectivity index (χ4n) is 2.05. The van der Waals surface area contributed by atoms with E-state index in [0.29, 0.717) is 13.0 Å². The Hall–Kier alpha value is -1.65. The molecule has 0 fully saturated rings. The SMILES string of the molecule is O=C(O)CCCC=CCC=CCC=CC=CCCCCCCOO. The normalized spacial score (nSPS) is 12.4. The van der Waals surface area contributed by atoms with Crippen molar-refractivity contribution in [3.05, 3.63) is 48.6 Å². The van der Waals surface area contributed by atoms with Crippen LogP contribution in [-0.2, 0) is 9.68 Å². The average Bonchev–Trinajstić information content (AvgIpc) is 2.56. The van der Waals surface area contributed by atoms with Crippen LogP contribution in [0, 0.1) is 0 Å². The summed E-state index contributed by atoms with van der Waals surface area (Å²) in [4.78, 5) is 14.4. The van der Waals surface area contributed by atoms with Gasteiger partial charge in [0, 0.05) is 6.42 Å². The summed E-state index contributed by atoms with van der Waals surface area (Å²) in [5.74, 6) is -0.725. The van der Waals surface area contributed by atoms with Crippen LogP contribution in [0.4, 0.5) is 0 Å². The van der Waals surface area contributed by atoms with E-state index in [1.54, 1.807) is 0 Å². The first-order valence-electron chi connectivity index (χ1n) is 8.87. The monoisotopic (exact) mass is 336 g/mol. The molecule has 136 valence electrons.